The normalized spacial score (nSPS) is 11.8. The van der Waals surface area contributed by atoms with Crippen LogP contribution in [0.2, 0.25) is 10.0 Å². The Morgan fingerprint density at radius 1 is 1.27 bits per heavy atom. The summed E-state index contributed by atoms with van der Waals surface area (Å²) in [6, 6.07) is 10.4. The first kappa shape index (κ1) is 16.6. The highest BCUT2D eigenvalue weighted by Crippen LogP contribution is 2.26. The zero-order valence-corrected chi connectivity index (χ0v) is 13.3. The van der Waals surface area contributed by atoms with E-state index in [1.807, 2.05) is 0 Å². The van der Waals surface area contributed by atoms with E-state index in [1.54, 1.807) is 31.2 Å². The van der Waals surface area contributed by atoms with Crippen molar-refractivity contribution in [2.45, 2.75) is 13.0 Å². The Morgan fingerprint density at radius 2 is 2.05 bits per heavy atom. The van der Waals surface area contributed by atoms with Crippen molar-refractivity contribution < 1.29 is 13.9 Å². The van der Waals surface area contributed by atoms with Gasteiger partial charge in [0.25, 0.3) is 5.91 Å². The van der Waals surface area contributed by atoms with E-state index in [0.717, 1.165) is 5.56 Å². The molecule has 1 amide bonds. The molecule has 0 aliphatic heterocycles. The molecule has 2 aromatic carbocycles. The number of halogens is 3. The van der Waals surface area contributed by atoms with Gasteiger partial charge in [0.1, 0.15) is 11.6 Å². The van der Waals surface area contributed by atoms with Gasteiger partial charge in [0, 0.05) is 16.1 Å². The Bertz CT molecular complexity index is 679. The van der Waals surface area contributed by atoms with E-state index in [0.29, 0.717) is 15.8 Å². The van der Waals surface area contributed by atoms with Crippen molar-refractivity contribution in [3.8, 4) is 5.75 Å². The highest BCUT2D eigenvalue weighted by atomic mass is 35.5. The number of hydrogen-bond acceptors (Lipinski definition) is 2. The Hall–Kier alpha value is -1.78. The van der Waals surface area contributed by atoms with Crippen LogP contribution in [0.25, 0.3) is 0 Å². The number of carbonyl (C=O) groups is 1. The van der Waals surface area contributed by atoms with Gasteiger partial charge in [0.05, 0.1) is 6.04 Å². The smallest absolute Gasteiger partial charge is 0.258 e. The zero-order chi connectivity index (χ0) is 16.1. The molecule has 2 aromatic rings. The van der Waals surface area contributed by atoms with Gasteiger partial charge in [-0.05, 0) is 36.8 Å². The number of hydrogen-bond donors (Lipinski definition) is 1. The minimum atomic E-state index is -0.417. The molecule has 0 aromatic heterocycles. The number of amides is 1. The molecule has 0 heterocycles. The van der Waals surface area contributed by atoms with Gasteiger partial charge in [-0.15, -0.1) is 0 Å². The van der Waals surface area contributed by atoms with Crippen molar-refractivity contribution in [3.63, 3.8) is 0 Å². The van der Waals surface area contributed by atoms with Crippen molar-refractivity contribution in [1.29, 1.82) is 0 Å². The number of ether oxygens (including phenoxy) is 1. The summed E-state index contributed by atoms with van der Waals surface area (Å²) in [6.07, 6.45) is 0. The summed E-state index contributed by atoms with van der Waals surface area (Å²) in [6.45, 7) is 1.59. The number of rotatable bonds is 5. The molecule has 0 saturated carbocycles. The van der Waals surface area contributed by atoms with Crippen LogP contribution < -0.4 is 10.1 Å². The topological polar surface area (TPSA) is 38.3 Å². The van der Waals surface area contributed by atoms with Gasteiger partial charge < -0.3 is 10.1 Å². The maximum atomic E-state index is 13.0. The number of nitrogens with one attached hydrogen (secondary N) is 1. The monoisotopic (exact) mass is 341 g/mol. The van der Waals surface area contributed by atoms with Crippen LogP contribution in [0, 0.1) is 5.82 Å². The first-order valence-corrected chi connectivity index (χ1v) is 7.34. The summed E-state index contributed by atoms with van der Waals surface area (Å²) < 4.78 is 18.2. The Kier molecular flexibility index (Phi) is 5.63. The Morgan fingerprint density at radius 3 is 2.73 bits per heavy atom. The maximum Gasteiger partial charge on any atom is 0.258 e. The second-order valence-corrected chi connectivity index (χ2v) is 5.54. The first-order chi connectivity index (χ1) is 10.5. The molecule has 116 valence electrons. The van der Waals surface area contributed by atoms with Gasteiger partial charge in [-0.25, -0.2) is 4.39 Å². The lowest BCUT2D eigenvalue weighted by Gasteiger charge is -2.16. The van der Waals surface area contributed by atoms with Gasteiger partial charge >= 0.3 is 0 Å². The summed E-state index contributed by atoms with van der Waals surface area (Å²) in [5.41, 5.74) is 0.755. The zero-order valence-electron chi connectivity index (χ0n) is 11.8. The average Bonchev–Trinajstić information content (AvgIpc) is 2.45. The number of benzene rings is 2. The van der Waals surface area contributed by atoms with Crippen LogP contribution in [0.1, 0.15) is 18.5 Å². The van der Waals surface area contributed by atoms with Crippen LogP contribution in [0.4, 0.5) is 4.39 Å². The minimum absolute atomic E-state index is 0.209. The van der Waals surface area contributed by atoms with E-state index in [9.17, 15) is 9.18 Å². The van der Waals surface area contributed by atoms with Crippen LogP contribution in [0.5, 0.6) is 5.75 Å². The Balaban J connectivity index is 1.91. The minimum Gasteiger partial charge on any atom is -0.484 e. The molecule has 22 heavy (non-hydrogen) atoms. The fourth-order valence-corrected chi connectivity index (χ4v) is 2.49. The fourth-order valence-electron chi connectivity index (χ4n) is 1.92. The molecule has 1 atom stereocenters. The molecular formula is C16H14Cl2FNO2. The molecule has 0 saturated heterocycles. The van der Waals surface area contributed by atoms with Crippen LogP contribution in [0.15, 0.2) is 42.5 Å². The summed E-state index contributed by atoms with van der Waals surface area (Å²) in [7, 11) is 0. The average molecular weight is 342 g/mol. The third-order valence-electron chi connectivity index (χ3n) is 2.97. The van der Waals surface area contributed by atoms with Crippen LogP contribution in [-0.4, -0.2) is 12.5 Å². The van der Waals surface area contributed by atoms with E-state index in [-0.39, 0.29) is 18.6 Å². The van der Waals surface area contributed by atoms with Crippen LogP contribution >= 0.6 is 23.2 Å². The summed E-state index contributed by atoms with van der Waals surface area (Å²) in [5, 5.41) is 3.76. The van der Waals surface area contributed by atoms with Crippen molar-refractivity contribution in [2.24, 2.45) is 0 Å². The third kappa shape index (κ3) is 4.61. The highest BCUT2D eigenvalue weighted by Gasteiger charge is 2.13. The molecule has 6 heteroatoms. The SMILES string of the molecule is CC(NC(=O)COc1cccc(F)c1)c1ccc(Cl)cc1Cl. The second kappa shape index (κ2) is 7.47. The molecule has 3 nitrogen and oxygen atoms in total. The lowest BCUT2D eigenvalue weighted by Crippen LogP contribution is -2.31. The summed E-state index contributed by atoms with van der Waals surface area (Å²) in [5.74, 6) is -0.450. The summed E-state index contributed by atoms with van der Waals surface area (Å²) in [4.78, 5) is 11.9. The van der Waals surface area contributed by atoms with E-state index < -0.39 is 5.82 Å². The Labute approximate surface area is 138 Å². The van der Waals surface area contributed by atoms with E-state index in [2.05, 4.69) is 5.32 Å². The van der Waals surface area contributed by atoms with Crippen molar-refractivity contribution in [3.05, 3.63) is 63.9 Å². The first-order valence-electron chi connectivity index (χ1n) is 6.58. The van der Waals surface area contributed by atoms with E-state index in [4.69, 9.17) is 27.9 Å². The highest BCUT2D eigenvalue weighted by molar-refractivity contribution is 6.35. The predicted molar refractivity (Wildman–Crippen MR) is 84.9 cm³/mol. The molecule has 0 bridgehead atoms. The molecule has 0 radical (unpaired) electrons. The molecule has 1 unspecified atom stereocenters. The molecule has 1 N–H and O–H groups in total. The molecule has 0 fully saturated rings. The molecule has 0 aliphatic rings. The van der Waals surface area contributed by atoms with Gasteiger partial charge in [-0.2, -0.15) is 0 Å². The van der Waals surface area contributed by atoms with E-state index in [1.165, 1.54) is 18.2 Å². The standard InChI is InChI=1S/C16H14Cl2FNO2/c1-10(14-6-5-11(17)7-15(14)18)20-16(21)9-22-13-4-2-3-12(19)8-13/h2-8,10H,9H2,1H3,(H,20,21). The van der Waals surface area contributed by atoms with Gasteiger partial charge in [-0.1, -0.05) is 35.3 Å². The summed E-state index contributed by atoms with van der Waals surface area (Å²) >= 11 is 11.9. The molecule has 0 aliphatic carbocycles. The molecule has 2 rings (SSSR count). The molecule has 0 spiro atoms. The quantitative estimate of drug-likeness (QED) is 0.875. The van der Waals surface area contributed by atoms with Crippen molar-refractivity contribution in [2.75, 3.05) is 6.61 Å². The predicted octanol–water partition coefficient (Wildman–Crippen LogP) is 4.39. The molecular weight excluding hydrogens is 328 g/mol. The van der Waals surface area contributed by atoms with Gasteiger partial charge in [-0.3, -0.25) is 4.79 Å². The maximum absolute atomic E-state index is 13.0. The van der Waals surface area contributed by atoms with Gasteiger partial charge in [0.15, 0.2) is 6.61 Å². The third-order valence-corrected chi connectivity index (χ3v) is 3.53. The van der Waals surface area contributed by atoms with E-state index >= 15 is 0 Å². The van der Waals surface area contributed by atoms with Crippen molar-refractivity contribution in [1.82, 2.24) is 5.32 Å². The lowest BCUT2D eigenvalue weighted by molar-refractivity contribution is -0.123. The lowest BCUT2D eigenvalue weighted by atomic mass is 10.1. The fraction of sp³-hybridized carbons (Fsp3) is 0.188. The van der Waals surface area contributed by atoms with Gasteiger partial charge in [0.2, 0.25) is 0 Å². The number of carbonyl (C=O) groups excluding carboxylic acids is 1. The van der Waals surface area contributed by atoms with Crippen LogP contribution in [0.3, 0.4) is 0 Å². The van der Waals surface area contributed by atoms with Crippen LogP contribution in [-0.2, 0) is 4.79 Å². The van der Waals surface area contributed by atoms with Crippen molar-refractivity contribution >= 4 is 29.1 Å². The largest absolute Gasteiger partial charge is 0.484 e. The second-order valence-electron chi connectivity index (χ2n) is 4.70.